The third-order valence-corrected chi connectivity index (χ3v) is 5.47. The molecule has 30 heavy (non-hydrogen) atoms. The van der Waals surface area contributed by atoms with E-state index in [2.05, 4.69) is 45.1 Å². The number of carbonyl (C=O) groups is 2. The van der Waals surface area contributed by atoms with Gasteiger partial charge in [0, 0.05) is 13.1 Å². The molecule has 0 saturated carbocycles. The van der Waals surface area contributed by atoms with Crippen LogP contribution in [0.1, 0.15) is 55.0 Å². The maximum atomic E-state index is 13.4. The Bertz CT molecular complexity index is 856. The van der Waals surface area contributed by atoms with Gasteiger partial charge in [-0.3, -0.25) is 9.59 Å². The van der Waals surface area contributed by atoms with Crippen molar-refractivity contribution in [3.05, 3.63) is 70.3 Å². The highest BCUT2D eigenvalue weighted by Gasteiger charge is 2.28. The summed E-state index contributed by atoms with van der Waals surface area (Å²) in [6.07, 6.45) is 0.870. The third kappa shape index (κ3) is 6.72. The molecule has 0 aliphatic heterocycles. The van der Waals surface area contributed by atoms with Crippen molar-refractivity contribution in [1.82, 2.24) is 10.2 Å². The molecule has 0 aromatic heterocycles. The lowest BCUT2D eigenvalue weighted by molar-refractivity contribution is -0.141. The molecule has 2 aromatic carbocycles. The fourth-order valence-corrected chi connectivity index (χ4v) is 3.42. The van der Waals surface area contributed by atoms with E-state index in [0.717, 1.165) is 11.1 Å². The Balaban J connectivity index is 2.27. The molecule has 0 saturated heterocycles. The molecule has 0 bridgehead atoms. The minimum Gasteiger partial charge on any atom is -0.354 e. The van der Waals surface area contributed by atoms with Gasteiger partial charge in [0.15, 0.2) is 0 Å². The maximum absolute atomic E-state index is 13.4. The highest BCUT2D eigenvalue weighted by atomic mass is 16.2. The van der Waals surface area contributed by atoms with E-state index in [4.69, 9.17) is 0 Å². The van der Waals surface area contributed by atoms with Crippen LogP contribution in [0.2, 0.25) is 0 Å². The average molecular weight is 409 g/mol. The Morgan fingerprint density at radius 3 is 2.13 bits per heavy atom. The molecule has 2 rings (SSSR count). The van der Waals surface area contributed by atoms with E-state index < -0.39 is 6.04 Å². The average Bonchev–Trinajstić information content (AvgIpc) is 2.70. The summed E-state index contributed by atoms with van der Waals surface area (Å²) in [5, 5.41) is 3.01. The van der Waals surface area contributed by atoms with E-state index in [9.17, 15) is 9.59 Å². The Hall–Kier alpha value is -2.62. The first-order valence-electron chi connectivity index (χ1n) is 10.9. The number of carbonyl (C=O) groups excluding carboxylic acids is 2. The number of benzene rings is 2. The van der Waals surface area contributed by atoms with Gasteiger partial charge in [0.1, 0.15) is 6.04 Å². The van der Waals surface area contributed by atoms with Gasteiger partial charge < -0.3 is 10.2 Å². The predicted octanol–water partition coefficient (Wildman–Crippen LogP) is 4.73. The van der Waals surface area contributed by atoms with Crippen molar-refractivity contribution in [2.24, 2.45) is 5.92 Å². The first-order chi connectivity index (χ1) is 14.2. The largest absolute Gasteiger partial charge is 0.354 e. The fourth-order valence-electron chi connectivity index (χ4n) is 3.42. The van der Waals surface area contributed by atoms with Crippen LogP contribution >= 0.6 is 0 Å². The lowest BCUT2D eigenvalue weighted by Crippen LogP contribution is -2.50. The molecule has 2 aromatic rings. The van der Waals surface area contributed by atoms with Gasteiger partial charge in [0.05, 0.1) is 6.42 Å². The molecule has 0 aliphatic rings. The summed E-state index contributed by atoms with van der Waals surface area (Å²) in [6.45, 7) is 13.3. The molecule has 0 aliphatic carbocycles. The van der Waals surface area contributed by atoms with Crippen LogP contribution in [0, 0.1) is 26.7 Å². The first-order valence-corrected chi connectivity index (χ1v) is 10.9. The van der Waals surface area contributed by atoms with Gasteiger partial charge in [0.25, 0.3) is 0 Å². The number of nitrogens with one attached hydrogen (secondary N) is 1. The number of nitrogens with zero attached hydrogens (tertiary/aromatic N) is 1. The van der Waals surface area contributed by atoms with Crippen molar-refractivity contribution in [2.75, 3.05) is 6.54 Å². The second-order valence-electron chi connectivity index (χ2n) is 8.67. The second-order valence-corrected chi connectivity index (χ2v) is 8.67. The summed E-state index contributed by atoms with van der Waals surface area (Å²) in [5.41, 5.74) is 5.57. The van der Waals surface area contributed by atoms with Crippen LogP contribution in [0.15, 0.2) is 42.5 Å². The van der Waals surface area contributed by atoms with Crippen molar-refractivity contribution >= 4 is 11.8 Å². The zero-order valence-corrected chi connectivity index (χ0v) is 19.3. The lowest BCUT2D eigenvalue weighted by atomic mass is 10.0. The van der Waals surface area contributed by atoms with Gasteiger partial charge in [-0.25, -0.2) is 0 Å². The van der Waals surface area contributed by atoms with Crippen molar-refractivity contribution in [2.45, 2.75) is 67.0 Å². The standard InChI is InChI=1S/C26H36N2O2/c1-7-24(26(30)27-16-18(2)3)28(17-22-11-8-19(4)9-12-22)25(29)15-23-13-10-20(5)21(6)14-23/h8-14,18,24H,7,15-17H2,1-6H3,(H,27,30). The van der Waals surface area contributed by atoms with Gasteiger partial charge in [-0.05, 0) is 55.4 Å². The second kappa shape index (κ2) is 11.0. The summed E-state index contributed by atoms with van der Waals surface area (Å²) in [5.74, 6) is 0.264. The third-order valence-electron chi connectivity index (χ3n) is 5.47. The van der Waals surface area contributed by atoms with Crippen LogP contribution in [-0.4, -0.2) is 29.3 Å². The Morgan fingerprint density at radius 2 is 1.57 bits per heavy atom. The molecule has 0 heterocycles. The Morgan fingerprint density at radius 1 is 0.933 bits per heavy atom. The fraction of sp³-hybridized carbons (Fsp3) is 0.462. The van der Waals surface area contributed by atoms with Crippen molar-refractivity contribution in [3.8, 4) is 0 Å². The monoisotopic (exact) mass is 408 g/mol. The van der Waals surface area contributed by atoms with E-state index in [-0.39, 0.29) is 11.8 Å². The van der Waals surface area contributed by atoms with E-state index >= 15 is 0 Å². The topological polar surface area (TPSA) is 49.4 Å². The van der Waals surface area contributed by atoms with E-state index in [0.29, 0.717) is 31.8 Å². The van der Waals surface area contributed by atoms with E-state index in [1.807, 2.05) is 44.2 Å². The molecule has 4 heteroatoms. The van der Waals surface area contributed by atoms with Crippen LogP contribution in [0.4, 0.5) is 0 Å². The zero-order valence-electron chi connectivity index (χ0n) is 19.3. The Kier molecular flexibility index (Phi) is 8.64. The van der Waals surface area contributed by atoms with Crippen LogP contribution in [0.25, 0.3) is 0 Å². The molecule has 0 spiro atoms. The Labute approximate surface area is 181 Å². The summed E-state index contributed by atoms with van der Waals surface area (Å²) < 4.78 is 0. The quantitative estimate of drug-likeness (QED) is 0.652. The summed E-state index contributed by atoms with van der Waals surface area (Å²) in [6, 6.07) is 13.8. The van der Waals surface area contributed by atoms with Gasteiger partial charge in [-0.1, -0.05) is 68.8 Å². The number of hydrogen-bond donors (Lipinski definition) is 1. The first kappa shape index (κ1) is 23.7. The number of aryl methyl sites for hydroxylation is 3. The number of hydrogen-bond acceptors (Lipinski definition) is 2. The normalized spacial score (nSPS) is 12.0. The van der Waals surface area contributed by atoms with Crippen molar-refractivity contribution < 1.29 is 9.59 Å². The molecular formula is C26H36N2O2. The molecular weight excluding hydrogens is 372 g/mol. The lowest BCUT2D eigenvalue weighted by Gasteiger charge is -2.31. The zero-order chi connectivity index (χ0) is 22.3. The van der Waals surface area contributed by atoms with Gasteiger partial charge in [-0.2, -0.15) is 0 Å². The van der Waals surface area contributed by atoms with Gasteiger partial charge in [0.2, 0.25) is 11.8 Å². The molecule has 1 N–H and O–H groups in total. The van der Waals surface area contributed by atoms with Crippen LogP contribution in [0.5, 0.6) is 0 Å². The number of amides is 2. The molecule has 0 fully saturated rings. The summed E-state index contributed by atoms with van der Waals surface area (Å²) in [7, 11) is 0. The SMILES string of the molecule is CCC(C(=O)NCC(C)C)N(Cc1ccc(C)cc1)C(=O)Cc1ccc(C)c(C)c1. The molecule has 162 valence electrons. The van der Waals surface area contributed by atoms with Crippen molar-refractivity contribution in [1.29, 1.82) is 0 Å². The molecule has 4 nitrogen and oxygen atoms in total. The molecule has 1 unspecified atom stereocenters. The highest BCUT2D eigenvalue weighted by molar-refractivity contribution is 5.88. The van der Waals surface area contributed by atoms with Gasteiger partial charge in [-0.15, -0.1) is 0 Å². The van der Waals surface area contributed by atoms with Crippen LogP contribution < -0.4 is 5.32 Å². The maximum Gasteiger partial charge on any atom is 0.242 e. The summed E-state index contributed by atoms with van der Waals surface area (Å²) in [4.78, 5) is 28.0. The van der Waals surface area contributed by atoms with Crippen LogP contribution in [0.3, 0.4) is 0 Å². The molecule has 1 atom stereocenters. The molecule has 0 radical (unpaired) electrons. The smallest absolute Gasteiger partial charge is 0.242 e. The van der Waals surface area contributed by atoms with Crippen LogP contribution in [-0.2, 0) is 22.6 Å². The van der Waals surface area contributed by atoms with E-state index in [1.165, 1.54) is 16.7 Å². The van der Waals surface area contributed by atoms with Gasteiger partial charge >= 0.3 is 0 Å². The molecule has 2 amide bonds. The minimum atomic E-state index is -0.482. The predicted molar refractivity (Wildman–Crippen MR) is 123 cm³/mol. The highest BCUT2D eigenvalue weighted by Crippen LogP contribution is 2.17. The minimum absolute atomic E-state index is 0.0228. The van der Waals surface area contributed by atoms with Crippen molar-refractivity contribution in [3.63, 3.8) is 0 Å². The number of rotatable bonds is 9. The van der Waals surface area contributed by atoms with E-state index in [1.54, 1.807) is 4.90 Å². The summed E-state index contributed by atoms with van der Waals surface area (Å²) >= 11 is 0.